The lowest BCUT2D eigenvalue weighted by molar-refractivity contribution is 0.102. The largest absolute Gasteiger partial charge is 0.490 e. The summed E-state index contributed by atoms with van der Waals surface area (Å²) in [6, 6.07) is 3.72. The summed E-state index contributed by atoms with van der Waals surface area (Å²) in [5.74, 6) is 0.0704. The number of nitrogens with one attached hydrogen (secondary N) is 1. The van der Waals surface area contributed by atoms with Crippen LogP contribution >= 0.6 is 0 Å². The molecule has 3 N–H and O–H groups in total. The lowest BCUT2D eigenvalue weighted by atomic mass is 10.2. The van der Waals surface area contributed by atoms with Crippen LogP contribution in [0.1, 0.15) is 15.9 Å². The number of hydrogen-bond acceptors (Lipinski definition) is 8. The minimum absolute atomic E-state index is 0.0399. The standard InChI is InChI=1S/C18H20N8O2/c1-25(2)7-8-28-14-4-6-21-10-13(14)23-18(27)15-16(20)24-26-11-12(3-5-19)9-22-17(15)26/h4,6,9-11H,3,7-8H2,1-2H3,(H2,20,24)(H,23,27). The lowest BCUT2D eigenvalue weighted by Crippen LogP contribution is -2.20. The summed E-state index contributed by atoms with van der Waals surface area (Å²) >= 11 is 0. The van der Waals surface area contributed by atoms with Gasteiger partial charge in [0.25, 0.3) is 5.91 Å². The molecule has 3 rings (SSSR count). The van der Waals surface area contributed by atoms with E-state index in [-0.39, 0.29) is 17.8 Å². The first-order valence-electron chi connectivity index (χ1n) is 8.52. The van der Waals surface area contributed by atoms with Gasteiger partial charge in [-0.1, -0.05) is 0 Å². The molecule has 10 heteroatoms. The fourth-order valence-corrected chi connectivity index (χ4v) is 2.52. The Kier molecular flexibility index (Phi) is 5.67. The van der Waals surface area contributed by atoms with E-state index in [4.69, 9.17) is 15.7 Å². The van der Waals surface area contributed by atoms with E-state index in [2.05, 4.69) is 20.4 Å². The number of carbonyl (C=O) groups is 1. The number of aromatic nitrogens is 4. The highest BCUT2D eigenvalue weighted by molar-refractivity contribution is 6.11. The summed E-state index contributed by atoms with van der Waals surface area (Å²) < 4.78 is 7.13. The molecule has 3 heterocycles. The average Bonchev–Trinajstić information content (AvgIpc) is 2.98. The number of fused-ring (bicyclic) bond motifs is 1. The van der Waals surface area contributed by atoms with Gasteiger partial charge < -0.3 is 20.7 Å². The first-order valence-corrected chi connectivity index (χ1v) is 8.52. The third-order valence-electron chi connectivity index (χ3n) is 3.89. The predicted molar refractivity (Wildman–Crippen MR) is 103 cm³/mol. The molecule has 3 aromatic rings. The third kappa shape index (κ3) is 4.16. The molecule has 1 amide bonds. The lowest BCUT2D eigenvalue weighted by Gasteiger charge is -2.14. The number of carbonyl (C=O) groups excluding carboxylic acids is 1. The molecule has 28 heavy (non-hydrogen) atoms. The van der Waals surface area contributed by atoms with E-state index >= 15 is 0 Å². The number of likely N-dealkylation sites (N-methyl/N-ethyl adjacent to an activating group) is 1. The summed E-state index contributed by atoms with van der Waals surface area (Å²) in [5, 5.41) is 15.7. The van der Waals surface area contributed by atoms with Crippen LogP contribution < -0.4 is 15.8 Å². The summed E-state index contributed by atoms with van der Waals surface area (Å²) in [5.41, 5.74) is 7.48. The first-order chi connectivity index (χ1) is 13.5. The van der Waals surface area contributed by atoms with Crippen molar-refractivity contribution in [3.8, 4) is 11.8 Å². The van der Waals surface area contributed by atoms with E-state index in [1.54, 1.807) is 18.5 Å². The number of nitrogens with two attached hydrogens (primary N) is 1. The van der Waals surface area contributed by atoms with Crippen LogP contribution in [0.5, 0.6) is 5.75 Å². The molecule has 0 aliphatic rings. The van der Waals surface area contributed by atoms with Gasteiger partial charge in [-0.2, -0.15) is 5.26 Å². The summed E-state index contributed by atoms with van der Waals surface area (Å²) in [7, 11) is 3.89. The Bertz CT molecular complexity index is 1040. The van der Waals surface area contributed by atoms with Crippen LogP contribution in [0.25, 0.3) is 5.65 Å². The van der Waals surface area contributed by atoms with E-state index in [0.717, 1.165) is 6.54 Å². The second-order valence-electron chi connectivity index (χ2n) is 6.30. The van der Waals surface area contributed by atoms with Gasteiger partial charge in [0.2, 0.25) is 0 Å². The molecule has 0 aromatic carbocycles. The van der Waals surface area contributed by atoms with Gasteiger partial charge in [-0.25, -0.2) is 9.50 Å². The van der Waals surface area contributed by atoms with Crippen molar-refractivity contribution in [1.29, 1.82) is 5.26 Å². The monoisotopic (exact) mass is 380 g/mol. The number of rotatable bonds is 7. The Balaban J connectivity index is 1.84. The van der Waals surface area contributed by atoms with E-state index in [9.17, 15) is 4.79 Å². The van der Waals surface area contributed by atoms with Gasteiger partial charge in [-0.15, -0.1) is 5.10 Å². The van der Waals surface area contributed by atoms with Gasteiger partial charge in [0.15, 0.2) is 11.5 Å². The highest BCUT2D eigenvalue weighted by Crippen LogP contribution is 2.25. The second-order valence-corrected chi connectivity index (χ2v) is 6.30. The minimum Gasteiger partial charge on any atom is -0.490 e. The van der Waals surface area contributed by atoms with Crippen LogP contribution in [-0.4, -0.2) is 57.6 Å². The quantitative estimate of drug-likeness (QED) is 0.619. The van der Waals surface area contributed by atoms with Crippen LogP contribution in [0, 0.1) is 11.3 Å². The number of ether oxygens (including phenoxy) is 1. The zero-order chi connectivity index (χ0) is 20.1. The normalized spacial score (nSPS) is 10.8. The first kappa shape index (κ1) is 19.1. The SMILES string of the molecule is CN(C)CCOc1ccncc1NC(=O)c1c(N)nn2cc(CC#N)cnc12. The maximum atomic E-state index is 12.8. The fraction of sp³-hybridized carbons (Fsp3) is 0.278. The molecule has 0 atom stereocenters. The molecule has 144 valence electrons. The van der Waals surface area contributed by atoms with Gasteiger partial charge in [-0.05, 0) is 14.1 Å². The number of hydrogen-bond donors (Lipinski definition) is 2. The Morgan fingerprint density at radius 1 is 1.43 bits per heavy atom. The summed E-state index contributed by atoms with van der Waals surface area (Å²) in [6.45, 7) is 1.19. The molecule has 0 aliphatic heterocycles. The fourth-order valence-electron chi connectivity index (χ4n) is 2.52. The Morgan fingerprint density at radius 2 is 2.25 bits per heavy atom. The van der Waals surface area contributed by atoms with Crippen molar-refractivity contribution in [1.82, 2.24) is 24.5 Å². The van der Waals surface area contributed by atoms with Crippen molar-refractivity contribution < 1.29 is 9.53 Å². The highest BCUT2D eigenvalue weighted by Gasteiger charge is 2.21. The number of nitrogens with zero attached hydrogens (tertiary/aromatic N) is 6. The Hall–Kier alpha value is -3.71. The average molecular weight is 380 g/mol. The van der Waals surface area contributed by atoms with Crippen LogP contribution in [-0.2, 0) is 6.42 Å². The minimum atomic E-state index is -0.474. The zero-order valence-electron chi connectivity index (χ0n) is 15.6. The van der Waals surface area contributed by atoms with E-state index in [1.165, 1.54) is 16.9 Å². The molecule has 0 bridgehead atoms. The van der Waals surface area contributed by atoms with Crippen molar-refractivity contribution in [2.75, 3.05) is 38.3 Å². The van der Waals surface area contributed by atoms with Crippen molar-refractivity contribution in [2.24, 2.45) is 0 Å². The number of anilines is 2. The van der Waals surface area contributed by atoms with Crippen LogP contribution in [0.2, 0.25) is 0 Å². The molecule has 0 aliphatic carbocycles. The number of amides is 1. The van der Waals surface area contributed by atoms with Gasteiger partial charge in [0.05, 0.1) is 18.7 Å². The molecule has 0 saturated heterocycles. The Morgan fingerprint density at radius 3 is 3.00 bits per heavy atom. The van der Waals surface area contributed by atoms with Crippen molar-refractivity contribution in [2.45, 2.75) is 6.42 Å². The molecule has 3 aromatic heterocycles. The van der Waals surface area contributed by atoms with E-state index in [1.807, 2.05) is 25.1 Å². The van der Waals surface area contributed by atoms with E-state index in [0.29, 0.717) is 29.3 Å². The number of nitriles is 1. The molecular weight excluding hydrogens is 360 g/mol. The Labute approximate surface area is 161 Å². The zero-order valence-corrected chi connectivity index (χ0v) is 15.6. The molecule has 0 radical (unpaired) electrons. The molecule has 0 unspecified atom stereocenters. The molecule has 0 saturated carbocycles. The summed E-state index contributed by atoms with van der Waals surface area (Å²) in [4.78, 5) is 23.1. The molecule has 10 nitrogen and oxygen atoms in total. The van der Waals surface area contributed by atoms with Gasteiger partial charge >= 0.3 is 0 Å². The molecule has 0 spiro atoms. The van der Waals surface area contributed by atoms with Crippen LogP contribution in [0.4, 0.5) is 11.5 Å². The topological polar surface area (TPSA) is 134 Å². The summed E-state index contributed by atoms with van der Waals surface area (Å²) in [6.07, 6.45) is 6.42. The van der Waals surface area contributed by atoms with Crippen molar-refractivity contribution >= 4 is 23.1 Å². The predicted octanol–water partition coefficient (Wildman–Crippen LogP) is 0.965. The molecule has 0 fully saturated rings. The van der Waals surface area contributed by atoms with Crippen molar-refractivity contribution in [3.05, 3.63) is 42.0 Å². The van der Waals surface area contributed by atoms with Gasteiger partial charge in [0.1, 0.15) is 23.6 Å². The van der Waals surface area contributed by atoms with Crippen molar-refractivity contribution in [3.63, 3.8) is 0 Å². The smallest absolute Gasteiger partial charge is 0.263 e. The number of nitrogen functional groups attached to an aromatic ring is 1. The van der Waals surface area contributed by atoms with Gasteiger partial charge in [0, 0.05) is 36.8 Å². The highest BCUT2D eigenvalue weighted by atomic mass is 16.5. The maximum absolute atomic E-state index is 12.8. The van der Waals surface area contributed by atoms with E-state index < -0.39 is 5.91 Å². The van der Waals surface area contributed by atoms with Crippen LogP contribution in [0.15, 0.2) is 30.9 Å². The van der Waals surface area contributed by atoms with Gasteiger partial charge in [-0.3, -0.25) is 9.78 Å². The second kappa shape index (κ2) is 8.32. The number of pyridine rings is 1. The van der Waals surface area contributed by atoms with Crippen LogP contribution in [0.3, 0.4) is 0 Å². The maximum Gasteiger partial charge on any atom is 0.263 e. The molecular formula is C18H20N8O2. The third-order valence-corrected chi connectivity index (χ3v) is 3.89.